The van der Waals surface area contributed by atoms with Gasteiger partial charge in [0.25, 0.3) is 5.78 Å². The number of aliphatic hydroxyl groups excluding tert-OH is 1. The topological polar surface area (TPSA) is 88.8 Å². The standard InChI is InChI=1S/C22H21NO5/c1-13-6-14(2)8-15(7-13)11-23-12-18(20(24)10-21(25)22(26)27)17-9-16(28-3)4-5-19(17)23/h4-10,12,24H,11H2,1-3H3,(H,26,27)/b20-10-. The Morgan fingerprint density at radius 3 is 2.36 bits per heavy atom. The number of carboxylic acids is 1. The van der Waals surface area contributed by atoms with Crippen LogP contribution in [-0.2, 0) is 16.1 Å². The van der Waals surface area contributed by atoms with Gasteiger partial charge in [-0.15, -0.1) is 0 Å². The lowest BCUT2D eigenvalue weighted by Crippen LogP contribution is -2.09. The molecule has 6 heteroatoms. The minimum atomic E-state index is -1.62. The lowest BCUT2D eigenvalue weighted by Gasteiger charge is -2.08. The van der Waals surface area contributed by atoms with E-state index in [9.17, 15) is 14.7 Å². The molecule has 0 bridgehead atoms. The molecule has 144 valence electrons. The fraction of sp³-hybridized carbons (Fsp3) is 0.182. The van der Waals surface area contributed by atoms with Crippen LogP contribution in [0.5, 0.6) is 5.75 Å². The van der Waals surface area contributed by atoms with Crippen molar-refractivity contribution in [3.05, 3.63) is 70.9 Å². The van der Waals surface area contributed by atoms with Crippen LogP contribution < -0.4 is 4.74 Å². The zero-order valence-electron chi connectivity index (χ0n) is 15.9. The number of hydrogen-bond acceptors (Lipinski definition) is 4. The van der Waals surface area contributed by atoms with E-state index in [1.807, 2.05) is 30.5 Å². The quantitative estimate of drug-likeness (QED) is 0.386. The van der Waals surface area contributed by atoms with Crippen LogP contribution in [0.15, 0.2) is 48.7 Å². The van der Waals surface area contributed by atoms with Gasteiger partial charge in [0.2, 0.25) is 0 Å². The number of hydrogen-bond donors (Lipinski definition) is 2. The van der Waals surface area contributed by atoms with Crippen LogP contribution in [0.25, 0.3) is 16.7 Å². The third-order valence-corrected chi connectivity index (χ3v) is 4.48. The minimum Gasteiger partial charge on any atom is -0.507 e. The Balaban J connectivity index is 2.13. The number of ketones is 1. The average Bonchev–Trinajstić information content (AvgIpc) is 2.98. The molecule has 0 saturated heterocycles. The van der Waals surface area contributed by atoms with E-state index in [0.29, 0.717) is 23.2 Å². The number of methoxy groups -OCH3 is 1. The second kappa shape index (κ2) is 7.60. The van der Waals surface area contributed by atoms with Crippen molar-refractivity contribution in [1.29, 1.82) is 0 Å². The van der Waals surface area contributed by atoms with Gasteiger partial charge in [-0.3, -0.25) is 4.79 Å². The van der Waals surface area contributed by atoms with E-state index in [4.69, 9.17) is 9.84 Å². The third kappa shape index (κ3) is 3.91. The van der Waals surface area contributed by atoms with Crippen molar-refractivity contribution in [3.63, 3.8) is 0 Å². The molecule has 0 fully saturated rings. The van der Waals surface area contributed by atoms with Crippen molar-refractivity contribution in [1.82, 2.24) is 4.57 Å². The summed E-state index contributed by atoms with van der Waals surface area (Å²) in [5.41, 5.74) is 4.61. The van der Waals surface area contributed by atoms with Crippen LogP contribution in [-0.4, -0.2) is 33.6 Å². The smallest absolute Gasteiger partial charge is 0.376 e. The highest BCUT2D eigenvalue weighted by Crippen LogP contribution is 2.30. The van der Waals surface area contributed by atoms with Crippen LogP contribution >= 0.6 is 0 Å². The molecule has 0 aliphatic heterocycles. The maximum Gasteiger partial charge on any atom is 0.376 e. The summed E-state index contributed by atoms with van der Waals surface area (Å²) >= 11 is 0. The van der Waals surface area contributed by atoms with Crippen LogP contribution in [0.1, 0.15) is 22.3 Å². The molecule has 1 aromatic heterocycles. The first-order valence-electron chi connectivity index (χ1n) is 8.71. The molecule has 0 atom stereocenters. The molecule has 3 aromatic rings. The molecule has 0 saturated carbocycles. The minimum absolute atomic E-state index is 0.368. The fourth-order valence-corrected chi connectivity index (χ4v) is 3.36. The molecule has 1 heterocycles. The average molecular weight is 379 g/mol. The molecule has 0 spiro atoms. The molecule has 3 rings (SSSR count). The van der Waals surface area contributed by atoms with E-state index >= 15 is 0 Å². The highest BCUT2D eigenvalue weighted by atomic mass is 16.5. The van der Waals surface area contributed by atoms with Gasteiger partial charge in [0, 0.05) is 35.3 Å². The largest absolute Gasteiger partial charge is 0.507 e. The van der Waals surface area contributed by atoms with Gasteiger partial charge in [0.1, 0.15) is 11.5 Å². The molecule has 0 aliphatic rings. The summed E-state index contributed by atoms with van der Waals surface area (Å²) in [5.74, 6) is -2.61. The van der Waals surface area contributed by atoms with Gasteiger partial charge < -0.3 is 19.5 Å². The van der Waals surface area contributed by atoms with Gasteiger partial charge in [-0.05, 0) is 37.6 Å². The van der Waals surface area contributed by atoms with E-state index in [1.54, 1.807) is 12.3 Å². The molecule has 0 aliphatic carbocycles. The lowest BCUT2D eigenvalue weighted by atomic mass is 10.1. The number of aliphatic hydroxyl groups is 1. The summed E-state index contributed by atoms with van der Waals surface area (Å²) in [6, 6.07) is 11.7. The van der Waals surface area contributed by atoms with Crippen molar-refractivity contribution in [3.8, 4) is 5.75 Å². The van der Waals surface area contributed by atoms with Crippen molar-refractivity contribution in [2.45, 2.75) is 20.4 Å². The van der Waals surface area contributed by atoms with Gasteiger partial charge in [0.05, 0.1) is 7.11 Å². The number of fused-ring (bicyclic) bond motifs is 1. The highest BCUT2D eigenvalue weighted by molar-refractivity contribution is 6.38. The van der Waals surface area contributed by atoms with E-state index < -0.39 is 17.5 Å². The Bertz CT molecular complexity index is 1090. The zero-order valence-corrected chi connectivity index (χ0v) is 15.9. The number of carbonyl (C=O) groups excluding carboxylic acids is 1. The van der Waals surface area contributed by atoms with Gasteiger partial charge in [-0.25, -0.2) is 4.79 Å². The molecule has 0 amide bonds. The molecule has 6 nitrogen and oxygen atoms in total. The summed E-state index contributed by atoms with van der Waals surface area (Å²) in [7, 11) is 1.54. The number of carboxylic acid groups (broad SMARTS) is 1. The number of aliphatic carboxylic acids is 1. The summed E-state index contributed by atoms with van der Waals surface area (Å²) in [5, 5.41) is 19.8. The summed E-state index contributed by atoms with van der Waals surface area (Å²) < 4.78 is 7.22. The fourth-order valence-electron chi connectivity index (χ4n) is 3.36. The van der Waals surface area contributed by atoms with Crippen LogP contribution in [0, 0.1) is 13.8 Å². The number of aryl methyl sites for hydroxylation is 2. The Hall–Kier alpha value is -3.54. The number of nitrogens with zero attached hydrogens (tertiary/aromatic N) is 1. The first-order valence-corrected chi connectivity index (χ1v) is 8.71. The molecule has 28 heavy (non-hydrogen) atoms. The number of carbonyl (C=O) groups is 2. The maximum absolute atomic E-state index is 11.5. The van der Waals surface area contributed by atoms with Gasteiger partial charge in [-0.1, -0.05) is 29.3 Å². The van der Waals surface area contributed by atoms with Crippen LogP contribution in [0.2, 0.25) is 0 Å². The zero-order chi connectivity index (χ0) is 20.4. The number of ether oxygens (including phenoxy) is 1. The summed E-state index contributed by atoms with van der Waals surface area (Å²) in [6.45, 7) is 4.63. The van der Waals surface area contributed by atoms with Crippen molar-refractivity contribution < 1.29 is 24.5 Å². The van der Waals surface area contributed by atoms with E-state index in [0.717, 1.165) is 28.3 Å². The normalized spacial score (nSPS) is 11.6. The predicted molar refractivity (Wildman–Crippen MR) is 107 cm³/mol. The molecule has 0 unspecified atom stereocenters. The molecule has 0 radical (unpaired) electrons. The first kappa shape index (κ1) is 19.2. The van der Waals surface area contributed by atoms with Crippen molar-refractivity contribution in [2.75, 3.05) is 7.11 Å². The van der Waals surface area contributed by atoms with Crippen molar-refractivity contribution >= 4 is 28.4 Å². The molecule has 2 N–H and O–H groups in total. The number of benzene rings is 2. The van der Waals surface area contributed by atoms with E-state index in [1.165, 1.54) is 7.11 Å². The monoisotopic (exact) mass is 379 g/mol. The third-order valence-electron chi connectivity index (χ3n) is 4.48. The van der Waals surface area contributed by atoms with Crippen molar-refractivity contribution in [2.24, 2.45) is 0 Å². The maximum atomic E-state index is 11.5. The highest BCUT2D eigenvalue weighted by Gasteiger charge is 2.16. The second-order valence-electron chi connectivity index (χ2n) is 6.75. The molecular formula is C22H21NO5. The van der Waals surface area contributed by atoms with E-state index in [2.05, 4.69) is 18.2 Å². The Morgan fingerprint density at radius 2 is 1.75 bits per heavy atom. The predicted octanol–water partition coefficient (Wildman–Crippen LogP) is 3.87. The lowest BCUT2D eigenvalue weighted by molar-refractivity contribution is -0.146. The SMILES string of the molecule is COc1ccc2c(c1)c(/C(O)=C/C(=O)C(=O)O)cn2Cc1cc(C)cc(C)c1. The van der Waals surface area contributed by atoms with Crippen LogP contribution in [0.4, 0.5) is 0 Å². The summed E-state index contributed by atoms with van der Waals surface area (Å²) in [4.78, 5) is 22.3. The Kier molecular flexibility index (Phi) is 5.22. The van der Waals surface area contributed by atoms with E-state index in [-0.39, 0.29) is 0 Å². The van der Waals surface area contributed by atoms with Gasteiger partial charge in [0.15, 0.2) is 0 Å². The first-order chi connectivity index (χ1) is 13.3. The second-order valence-corrected chi connectivity index (χ2v) is 6.75. The van der Waals surface area contributed by atoms with Gasteiger partial charge >= 0.3 is 5.97 Å². The Morgan fingerprint density at radius 1 is 1.07 bits per heavy atom. The summed E-state index contributed by atoms with van der Waals surface area (Å²) in [6.07, 6.45) is 2.43. The van der Waals surface area contributed by atoms with Crippen LogP contribution in [0.3, 0.4) is 0 Å². The Labute approximate surface area is 162 Å². The molecular weight excluding hydrogens is 358 g/mol. The van der Waals surface area contributed by atoms with Gasteiger partial charge in [-0.2, -0.15) is 0 Å². The number of aromatic nitrogens is 1. The molecule has 2 aromatic carbocycles. The number of rotatable bonds is 6.